The number of piperidine rings is 1. The Hall–Kier alpha value is -4.13. The van der Waals surface area contributed by atoms with E-state index in [1.807, 2.05) is 48.5 Å². The van der Waals surface area contributed by atoms with Gasteiger partial charge in [0.2, 0.25) is 5.91 Å². The van der Waals surface area contributed by atoms with Gasteiger partial charge >= 0.3 is 12.0 Å². The number of anilines is 2. The summed E-state index contributed by atoms with van der Waals surface area (Å²) in [5.41, 5.74) is 4.61. The van der Waals surface area contributed by atoms with Crippen LogP contribution in [-0.4, -0.2) is 40.5 Å². The fourth-order valence-corrected chi connectivity index (χ4v) is 4.92. The summed E-state index contributed by atoms with van der Waals surface area (Å²) in [5.74, 6) is -0.142. The molecule has 1 saturated heterocycles. The highest BCUT2D eigenvalue weighted by Gasteiger charge is 2.57. The summed E-state index contributed by atoms with van der Waals surface area (Å²) in [6.07, 6.45) is 0.968. The first kappa shape index (κ1) is 23.6. The summed E-state index contributed by atoms with van der Waals surface area (Å²) in [4.78, 5) is 38.9. The number of rotatable bonds is 6. The zero-order valence-electron chi connectivity index (χ0n) is 20.3. The van der Waals surface area contributed by atoms with Crippen LogP contribution >= 0.6 is 0 Å². The maximum absolute atomic E-state index is 13.2. The molecule has 2 fully saturated rings. The summed E-state index contributed by atoms with van der Waals surface area (Å²) < 4.78 is 0. The van der Waals surface area contributed by atoms with E-state index in [4.69, 9.17) is 5.11 Å². The molecule has 5 rings (SSSR count). The predicted octanol–water partition coefficient (Wildman–Crippen LogP) is 5.67. The van der Waals surface area contributed by atoms with Crippen LogP contribution < -0.4 is 10.6 Å². The van der Waals surface area contributed by atoms with Gasteiger partial charge in [-0.15, -0.1) is 0 Å². The molecule has 1 aliphatic heterocycles. The monoisotopic (exact) mass is 483 g/mol. The molecule has 1 saturated carbocycles. The number of benzene rings is 3. The smallest absolute Gasteiger partial charge is 0.335 e. The molecule has 0 bridgehead atoms. The molecule has 3 amide bonds. The second-order valence-electron chi connectivity index (χ2n) is 9.91. The fraction of sp³-hybridized carbons (Fsp3) is 0.276. The highest BCUT2D eigenvalue weighted by Crippen LogP contribution is 2.50. The SMILES string of the molecule is CC(C)c1ccc(NC(=O)N2CC3CC3[C@@H]2C(=O)Nc2ccc(-c3ccc(C(=O)O)cc3)cc2)cc1. The average molecular weight is 484 g/mol. The van der Waals surface area contributed by atoms with Crippen LogP contribution in [0.5, 0.6) is 0 Å². The predicted molar refractivity (Wildman–Crippen MR) is 139 cm³/mol. The van der Waals surface area contributed by atoms with Gasteiger partial charge in [-0.3, -0.25) is 4.79 Å². The molecular weight excluding hydrogens is 454 g/mol. The van der Waals surface area contributed by atoms with Crippen molar-refractivity contribution in [3.63, 3.8) is 0 Å². The molecular formula is C29H29N3O4. The highest BCUT2D eigenvalue weighted by molar-refractivity contribution is 6.00. The van der Waals surface area contributed by atoms with E-state index in [-0.39, 0.29) is 23.4 Å². The molecule has 36 heavy (non-hydrogen) atoms. The van der Waals surface area contributed by atoms with Crippen molar-refractivity contribution in [2.24, 2.45) is 11.8 Å². The van der Waals surface area contributed by atoms with Crippen molar-refractivity contribution < 1.29 is 19.5 Å². The molecule has 2 unspecified atom stereocenters. The topological polar surface area (TPSA) is 98.7 Å². The van der Waals surface area contributed by atoms with Gasteiger partial charge in [0, 0.05) is 17.9 Å². The van der Waals surface area contributed by atoms with Gasteiger partial charge in [-0.1, -0.05) is 50.2 Å². The summed E-state index contributed by atoms with van der Waals surface area (Å²) in [7, 11) is 0. The summed E-state index contributed by atoms with van der Waals surface area (Å²) >= 11 is 0. The summed E-state index contributed by atoms with van der Waals surface area (Å²) in [6, 6.07) is 21.1. The van der Waals surface area contributed by atoms with Crippen LogP contribution in [0.25, 0.3) is 11.1 Å². The zero-order chi connectivity index (χ0) is 25.4. The van der Waals surface area contributed by atoms with Gasteiger partial charge in [-0.2, -0.15) is 0 Å². The minimum Gasteiger partial charge on any atom is -0.478 e. The van der Waals surface area contributed by atoms with Crippen LogP contribution in [0.4, 0.5) is 16.2 Å². The third-order valence-corrected chi connectivity index (χ3v) is 7.13. The van der Waals surface area contributed by atoms with Crippen molar-refractivity contribution in [2.45, 2.75) is 32.2 Å². The molecule has 1 heterocycles. The van der Waals surface area contributed by atoms with Crippen molar-refractivity contribution in [1.29, 1.82) is 0 Å². The maximum atomic E-state index is 13.2. The second kappa shape index (κ2) is 9.49. The molecule has 3 aromatic carbocycles. The lowest BCUT2D eigenvalue weighted by atomic mass is 10.0. The minimum absolute atomic E-state index is 0.177. The number of hydrogen-bond acceptors (Lipinski definition) is 3. The molecule has 2 aliphatic rings. The van der Waals surface area contributed by atoms with Gasteiger partial charge in [-0.25, -0.2) is 9.59 Å². The molecule has 3 atom stereocenters. The zero-order valence-corrected chi connectivity index (χ0v) is 20.3. The Morgan fingerprint density at radius 2 is 1.39 bits per heavy atom. The fourth-order valence-electron chi connectivity index (χ4n) is 4.92. The van der Waals surface area contributed by atoms with Crippen LogP contribution in [-0.2, 0) is 4.79 Å². The molecule has 7 nitrogen and oxygen atoms in total. The molecule has 3 N–H and O–H groups in total. The molecule has 1 aliphatic carbocycles. The lowest BCUT2D eigenvalue weighted by Gasteiger charge is -2.27. The lowest BCUT2D eigenvalue weighted by molar-refractivity contribution is -0.120. The van der Waals surface area contributed by atoms with E-state index in [0.29, 0.717) is 24.1 Å². The standard InChI is InChI=1S/C29H29N3O4/c1-17(2)18-7-11-24(12-8-18)31-29(36)32-16-22-15-25(22)26(32)27(33)30-23-13-9-20(10-14-23)19-3-5-21(6-4-19)28(34)35/h3-14,17,22,25-26H,15-16H2,1-2H3,(H,30,33)(H,31,36)(H,34,35)/t22?,25?,26-/m1/s1. The Bertz CT molecular complexity index is 1280. The van der Waals surface area contributed by atoms with Crippen LogP contribution in [0.15, 0.2) is 72.8 Å². The number of amides is 3. The van der Waals surface area contributed by atoms with Crippen LogP contribution in [0.1, 0.15) is 42.1 Å². The summed E-state index contributed by atoms with van der Waals surface area (Å²) in [5, 5.41) is 15.0. The van der Waals surface area contributed by atoms with Gasteiger partial charge < -0.3 is 20.6 Å². The number of aromatic carboxylic acids is 1. The van der Waals surface area contributed by atoms with E-state index in [0.717, 1.165) is 23.2 Å². The Morgan fingerprint density at radius 1 is 0.833 bits per heavy atom. The van der Waals surface area contributed by atoms with Crippen molar-refractivity contribution in [3.05, 3.63) is 83.9 Å². The third kappa shape index (κ3) is 4.82. The number of carboxylic acids is 1. The van der Waals surface area contributed by atoms with Crippen LogP contribution in [0.3, 0.4) is 0 Å². The first-order valence-corrected chi connectivity index (χ1v) is 12.2. The number of hydrogen-bond donors (Lipinski definition) is 3. The van der Waals surface area contributed by atoms with Crippen molar-refractivity contribution in [2.75, 3.05) is 17.2 Å². The number of carbonyl (C=O) groups excluding carboxylic acids is 2. The number of nitrogens with one attached hydrogen (secondary N) is 2. The van der Waals surface area contributed by atoms with E-state index in [1.54, 1.807) is 29.2 Å². The number of likely N-dealkylation sites (tertiary alicyclic amines) is 1. The minimum atomic E-state index is -0.962. The van der Waals surface area contributed by atoms with Crippen molar-refractivity contribution in [3.8, 4) is 11.1 Å². The largest absolute Gasteiger partial charge is 0.478 e. The van der Waals surface area contributed by atoms with Crippen molar-refractivity contribution >= 4 is 29.3 Å². The number of carbonyl (C=O) groups is 3. The molecule has 7 heteroatoms. The Labute approximate surface area is 210 Å². The first-order valence-electron chi connectivity index (χ1n) is 12.2. The average Bonchev–Trinajstić information content (AvgIpc) is 3.53. The number of urea groups is 1. The second-order valence-corrected chi connectivity index (χ2v) is 9.91. The van der Waals surface area contributed by atoms with Gasteiger partial charge in [-0.05, 0) is 77.3 Å². The van der Waals surface area contributed by atoms with Gasteiger partial charge in [0.15, 0.2) is 0 Å². The molecule has 0 radical (unpaired) electrons. The number of carboxylic acid groups (broad SMARTS) is 1. The normalized spacial score (nSPS) is 20.1. The maximum Gasteiger partial charge on any atom is 0.335 e. The highest BCUT2D eigenvalue weighted by atomic mass is 16.4. The van der Waals surface area contributed by atoms with E-state index < -0.39 is 12.0 Å². The van der Waals surface area contributed by atoms with Gasteiger partial charge in [0.1, 0.15) is 6.04 Å². The van der Waals surface area contributed by atoms with Crippen LogP contribution in [0, 0.1) is 11.8 Å². The van der Waals surface area contributed by atoms with Crippen molar-refractivity contribution in [1.82, 2.24) is 4.90 Å². The third-order valence-electron chi connectivity index (χ3n) is 7.13. The van der Waals surface area contributed by atoms with Gasteiger partial charge in [0.05, 0.1) is 5.56 Å². The Morgan fingerprint density at radius 3 is 1.97 bits per heavy atom. The van der Waals surface area contributed by atoms with Gasteiger partial charge in [0.25, 0.3) is 0 Å². The summed E-state index contributed by atoms with van der Waals surface area (Å²) in [6.45, 7) is 4.84. The van der Waals surface area contributed by atoms with Crippen LogP contribution in [0.2, 0.25) is 0 Å². The quantitative estimate of drug-likeness (QED) is 0.421. The van der Waals surface area contributed by atoms with E-state index in [9.17, 15) is 14.4 Å². The Kier molecular flexibility index (Phi) is 6.22. The Balaban J connectivity index is 1.23. The lowest BCUT2D eigenvalue weighted by Crippen LogP contribution is -2.47. The van der Waals surface area contributed by atoms with E-state index in [2.05, 4.69) is 24.5 Å². The van der Waals surface area contributed by atoms with E-state index >= 15 is 0 Å². The van der Waals surface area contributed by atoms with E-state index in [1.165, 1.54) is 5.56 Å². The molecule has 0 aromatic heterocycles. The number of fused-ring (bicyclic) bond motifs is 1. The molecule has 0 spiro atoms. The molecule has 3 aromatic rings. The first-order chi connectivity index (χ1) is 17.3. The molecule has 184 valence electrons. The number of nitrogens with zero attached hydrogens (tertiary/aromatic N) is 1.